The van der Waals surface area contributed by atoms with Gasteiger partial charge in [-0.3, -0.25) is 0 Å². The van der Waals surface area contributed by atoms with Crippen LogP contribution < -0.4 is 20.7 Å². The van der Waals surface area contributed by atoms with Crippen molar-refractivity contribution in [2.75, 3.05) is 33.4 Å². The van der Waals surface area contributed by atoms with Crippen LogP contribution in [0.4, 0.5) is 0 Å². The molecule has 1 unspecified atom stereocenters. The summed E-state index contributed by atoms with van der Waals surface area (Å²) in [5.41, 5.74) is 2.32. The molecule has 1 fully saturated rings. The Morgan fingerprint density at radius 1 is 1.06 bits per heavy atom. The fraction of sp³-hybridized carbons (Fsp3) is 0.480. The van der Waals surface area contributed by atoms with Crippen LogP contribution in [0.1, 0.15) is 43.9 Å². The molecule has 2 aromatic rings. The summed E-state index contributed by atoms with van der Waals surface area (Å²) in [5, 5.41) is 10.8. The van der Waals surface area contributed by atoms with Gasteiger partial charge in [0.2, 0.25) is 0 Å². The van der Waals surface area contributed by atoms with Gasteiger partial charge in [0.15, 0.2) is 5.96 Å². The molecule has 0 aromatic heterocycles. The maximum absolute atomic E-state index is 5.67. The third-order valence-electron chi connectivity index (χ3n) is 5.81. The average Bonchev–Trinajstić information content (AvgIpc) is 2.82. The summed E-state index contributed by atoms with van der Waals surface area (Å²) >= 11 is 0. The zero-order valence-electron chi connectivity index (χ0n) is 19.4. The van der Waals surface area contributed by atoms with Crippen LogP contribution in [0.2, 0.25) is 0 Å². The molecule has 1 aliphatic rings. The van der Waals surface area contributed by atoms with E-state index < -0.39 is 0 Å². The number of nitrogens with one attached hydrogen (secondary N) is 3. The Kier molecular flexibility index (Phi) is 11.3. The molecule has 1 saturated heterocycles. The summed E-state index contributed by atoms with van der Waals surface area (Å²) in [4.78, 5) is 4.80. The molecule has 0 saturated carbocycles. The van der Waals surface area contributed by atoms with E-state index in [0.717, 1.165) is 56.4 Å². The molecule has 3 rings (SSSR count). The van der Waals surface area contributed by atoms with Crippen LogP contribution in [-0.4, -0.2) is 44.9 Å². The molecule has 0 radical (unpaired) electrons. The van der Waals surface area contributed by atoms with Gasteiger partial charge in [-0.1, -0.05) is 48.5 Å². The minimum Gasteiger partial charge on any atom is -0.496 e. The van der Waals surface area contributed by atoms with Crippen LogP contribution in [0.5, 0.6) is 5.75 Å². The first-order valence-corrected chi connectivity index (χ1v) is 11.2. The van der Waals surface area contributed by atoms with Crippen LogP contribution >= 0.6 is 24.0 Å². The van der Waals surface area contributed by atoms with Gasteiger partial charge in [-0.2, -0.15) is 0 Å². The zero-order valence-corrected chi connectivity index (χ0v) is 21.7. The third-order valence-corrected chi connectivity index (χ3v) is 5.81. The second kappa shape index (κ2) is 13.6. The molecule has 0 amide bonds. The highest BCUT2D eigenvalue weighted by molar-refractivity contribution is 14.0. The molecule has 32 heavy (non-hydrogen) atoms. The summed E-state index contributed by atoms with van der Waals surface area (Å²) < 4.78 is 11.1. The lowest BCUT2D eigenvalue weighted by Crippen LogP contribution is -2.58. The van der Waals surface area contributed by atoms with E-state index in [-0.39, 0.29) is 35.6 Å². The van der Waals surface area contributed by atoms with E-state index in [9.17, 15) is 0 Å². The fourth-order valence-electron chi connectivity index (χ4n) is 4.01. The number of methoxy groups -OCH3 is 1. The van der Waals surface area contributed by atoms with Gasteiger partial charge in [0.25, 0.3) is 0 Å². The predicted molar refractivity (Wildman–Crippen MR) is 142 cm³/mol. The number of rotatable bonds is 9. The number of ether oxygens (including phenoxy) is 2. The molecule has 3 N–H and O–H groups in total. The summed E-state index contributed by atoms with van der Waals surface area (Å²) in [6.07, 6.45) is 1.92. The number of nitrogens with zero attached hydrogens (tertiary/aromatic N) is 1. The average molecular weight is 553 g/mol. The first-order chi connectivity index (χ1) is 15.2. The number of aliphatic imine (C=N–C) groups is 1. The maximum Gasteiger partial charge on any atom is 0.191 e. The molecular formula is C25H37IN4O2. The van der Waals surface area contributed by atoms with Gasteiger partial charge in [-0.25, -0.2) is 4.99 Å². The van der Waals surface area contributed by atoms with Crippen molar-refractivity contribution >= 4 is 29.9 Å². The Balaban J connectivity index is 0.00000363. The van der Waals surface area contributed by atoms with Crippen molar-refractivity contribution in [3.05, 3.63) is 65.7 Å². The van der Waals surface area contributed by atoms with Crippen LogP contribution in [0.15, 0.2) is 59.6 Å². The quantitative estimate of drug-likeness (QED) is 0.247. The van der Waals surface area contributed by atoms with Crippen molar-refractivity contribution in [2.45, 2.75) is 44.8 Å². The maximum atomic E-state index is 5.67. The molecule has 0 bridgehead atoms. The van der Waals surface area contributed by atoms with E-state index in [0.29, 0.717) is 6.54 Å². The highest BCUT2D eigenvalue weighted by Crippen LogP contribution is 2.25. The van der Waals surface area contributed by atoms with Gasteiger partial charge >= 0.3 is 0 Å². The first-order valence-electron chi connectivity index (χ1n) is 11.2. The van der Waals surface area contributed by atoms with Crippen molar-refractivity contribution in [1.82, 2.24) is 16.0 Å². The Morgan fingerprint density at radius 2 is 1.75 bits per heavy atom. The minimum atomic E-state index is -0.0475. The van der Waals surface area contributed by atoms with Crippen molar-refractivity contribution in [3.63, 3.8) is 0 Å². The Hall–Kier alpha value is -1.84. The van der Waals surface area contributed by atoms with Crippen molar-refractivity contribution in [2.24, 2.45) is 4.99 Å². The van der Waals surface area contributed by atoms with E-state index in [1.165, 1.54) is 5.56 Å². The largest absolute Gasteiger partial charge is 0.496 e. The van der Waals surface area contributed by atoms with Crippen molar-refractivity contribution < 1.29 is 9.47 Å². The van der Waals surface area contributed by atoms with E-state index in [1.807, 2.05) is 18.2 Å². The standard InChI is InChI=1S/C25H36N4O2.HI/c1-4-26-24(27-18-22-12-8-9-13-23(22)30-3)28-19-25(14-16-31-17-15-25)29-20(2)21-10-6-5-7-11-21;/h5-13,20,29H,4,14-19H2,1-3H3,(H2,26,27,28);1H. The van der Waals surface area contributed by atoms with Gasteiger partial charge in [-0.15, -0.1) is 24.0 Å². The lowest BCUT2D eigenvalue weighted by molar-refractivity contribution is 0.0355. The van der Waals surface area contributed by atoms with Gasteiger partial charge < -0.3 is 25.4 Å². The van der Waals surface area contributed by atoms with Gasteiger partial charge in [-0.05, 0) is 38.3 Å². The smallest absolute Gasteiger partial charge is 0.191 e. The van der Waals surface area contributed by atoms with Gasteiger partial charge in [0.1, 0.15) is 5.75 Å². The summed E-state index contributed by atoms with van der Waals surface area (Å²) in [6.45, 7) is 8.00. The molecule has 0 spiro atoms. The van der Waals surface area contributed by atoms with Crippen LogP contribution in [-0.2, 0) is 11.3 Å². The van der Waals surface area contributed by atoms with E-state index >= 15 is 0 Å². The number of para-hydroxylation sites is 1. The SMILES string of the molecule is CCNC(=NCc1ccccc1OC)NCC1(NC(C)c2ccccc2)CCOCC1.I. The van der Waals surface area contributed by atoms with Gasteiger partial charge in [0.05, 0.1) is 13.7 Å². The summed E-state index contributed by atoms with van der Waals surface area (Å²) in [6, 6.07) is 18.9. The lowest BCUT2D eigenvalue weighted by Gasteiger charge is -2.41. The number of halogens is 1. The second-order valence-electron chi connectivity index (χ2n) is 8.03. The molecule has 7 heteroatoms. The number of benzene rings is 2. The first kappa shape index (κ1) is 26.4. The molecule has 1 atom stereocenters. The molecule has 0 aliphatic carbocycles. The Labute approximate surface area is 209 Å². The number of hydrogen-bond donors (Lipinski definition) is 3. The number of guanidine groups is 1. The van der Waals surface area contributed by atoms with E-state index in [4.69, 9.17) is 14.5 Å². The predicted octanol–water partition coefficient (Wildman–Crippen LogP) is 4.27. The molecule has 2 aromatic carbocycles. The molecular weight excluding hydrogens is 515 g/mol. The summed E-state index contributed by atoms with van der Waals surface area (Å²) in [7, 11) is 1.69. The highest BCUT2D eigenvalue weighted by atomic mass is 127. The lowest BCUT2D eigenvalue weighted by atomic mass is 9.88. The minimum absolute atomic E-state index is 0. The molecule has 1 heterocycles. The van der Waals surface area contributed by atoms with Gasteiger partial charge in [0, 0.05) is 43.4 Å². The Morgan fingerprint density at radius 3 is 2.44 bits per heavy atom. The summed E-state index contributed by atoms with van der Waals surface area (Å²) in [5.74, 6) is 1.68. The second-order valence-corrected chi connectivity index (χ2v) is 8.03. The van der Waals surface area contributed by atoms with Crippen LogP contribution in [0.25, 0.3) is 0 Å². The molecule has 176 valence electrons. The van der Waals surface area contributed by atoms with Crippen LogP contribution in [0.3, 0.4) is 0 Å². The fourth-order valence-corrected chi connectivity index (χ4v) is 4.01. The zero-order chi connectivity index (χ0) is 21.9. The van der Waals surface area contributed by atoms with Crippen LogP contribution in [0, 0.1) is 0 Å². The molecule has 1 aliphatic heterocycles. The highest BCUT2D eigenvalue weighted by Gasteiger charge is 2.34. The Bertz CT molecular complexity index is 826. The van der Waals surface area contributed by atoms with Crippen molar-refractivity contribution in [3.8, 4) is 5.75 Å². The van der Waals surface area contributed by atoms with E-state index in [2.05, 4.69) is 66.2 Å². The topological polar surface area (TPSA) is 66.9 Å². The van der Waals surface area contributed by atoms with Crippen molar-refractivity contribution in [1.29, 1.82) is 0 Å². The third kappa shape index (κ3) is 7.64. The monoisotopic (exact) mass is 552 g/mol. The normalized spacial score (nSPS) is 16.5. The number of hydrogen-bond acceptors (Lipinski definition) is 4. The molecule has 6 nitrogen and oxygen atoms in total. The van der Waals surface area contributed by atoms with E-state index in [1.54, 1.807) is 7.11 Å².